The number of benzene rings is 1. The number of aliphatic hydroxyl groups is 1. The van der Waals surface area contributed by atoms with Gasteiger partial charge in [0.2, 0.25) is 0 Å². The highest BCUT2D eigenvalue weighted by Crippen LogP contribution is 2.26. The lowest BCUT2D eigenvalue weighted by Gasteiger charge is -2.25. The Balaban J connectivity index is 1.87. The number of unbranched alkanes of at least 4 members (excludes halogenated alkanes) is 1. The summed E-state index contributed by atoms with van der Waals surface area (Å²) in [7, 11) is 0. The van der Waals surface area contributed by atoms with E-state index in [1.54, 1.807) is 11.2 Å². The van der Waals surface area contributed by atoms with Crippen LogP contribution in [0, 0.1) is 0 Å². The number of allylic oxidation sites excluding steroid dienone is 2. The highest BCUT2D eigenvalue weighted by atomic mass is 35.5. The maximum Gasteiger partial charge on any atom is 0.160 e. The first-order chi connectivity index (χ1) is 12.2. The summed E-state index contributed by atoms with van der Waals surface area (Å²) in [6, 6.07) is 7.92. The number of hydrogen-bond acceptors (Lipinski definition) is 5. The van der Waals surface area contributed by atoms with Crippen LogP contribution in [0.1, 0.15) is 30.9 Å². The Kier molecular flexibility index (Phi) is 7.98. The second-order valence-electron chi connectivity index (χ2n) is 5.73. The van der Waals surface area contributed by atoms with Gasteiger partial charge in [-0.2, -0.15) is 5.10 Å². The zero-order chi connectivity index (χ0) is 18.1. The van der Waals surface area contributed by atoms with Crippen LogP contribution in [-0.2, 0) is 22.7 Å². The van der Waals surface area contributed by atoms with Crippen LogP contribution in [-0.4, -0.2) is 36.1 Å². The first-order valence-electron chi connectivity index (χ1n) is 8.45. The van der Waals surface area contributed by atoms with E-state index in [-0.39, 0.29) is 6.61 Å². The van der Waals surface area contributed by atoms with Gasteiger partial charge in [-0.25, -0.2) is 0 Å². The monoisotopic (exact) mass is 364 g/mol. The van der Waals surface area contributed by atoms with E-state index in [1.807, 2.05) is 24.3 Å². The average Bonchev–Trinajstić information content (AvgIpc) is 2.63. The van der Waals surface area contributed by atoms with Gasteiger partial charge in [0.1, 0.15) is 11.6 Å². The number of nitrogens with zero attached hydrogens (tertiary/aromatic N) is 2. The molecule has 6 heteroatoms. The van der Waals surface area contributed by atoms with Crippen molar-refractivity contribution in [3.05, 3.63) is 58.5 Å². The molecule has 0 amide bonds. The Morgan fingerprint density at radius 2 is 1.88 bits per heavy atom. The summed E-state index contributed by atoms with van der Waals surface area (Å²) in [5, 5.41) is 15.4. The third-order valence-corrected chi connectivity index (χ3v) is 4.15. The van der Waals surface area contributed by atoms with Crippen molar-refractivity contribution in [1.29, 1.82) is 0 Å². The summed E-state index contributed by atoms with van der Waals surface area (Å²) in [6.45, 7) is 8.19. The summed E-state index contributed by atoms with van der Waals surface area (Å²) in [5.41, 5.74) is 2.74. The lowest BCUT2D eigenvalue weighted by molar-refractivity contribution is 0.0815. The van der Waals surface area contributed by atoms with Crippen molar-refractivity contribution in [2.45, 2.75) is 33.0 Å². The maximum absolute atomic E-state index is 8.70. The van der Waals surface area contributed by atoms with Crippen molar-refractivity contribution in [2.75, 3.05) is 19.8 Å². The number of rotatable bonds is 10. The SMILES string of the molecule is C=C1C(Cl)=C(OCc2ccc(COCCO)cc2)C=NN1CCCC. The molecule has 2 rings (SSSR count). The third kappa shape index (κ3) is 5.88. The molecule has 0 saturated carbocycles. The molecule has 136 valence electrons. The molecule has 0 saturated heterocycles. The van der Waals surface area contributed by atoms with Gasteiger partial charge in [-0.3, -0.25) is 5.01 Å². The molecule has 0 bridgehead atoms. The van der Waals surface area contributed by atoms with Crippen molar-refractivity contribution in [2.24, 2.45) is 5.10 Å². The number of halogens is 1. The number of hydrogen-bond donors (Lipinski definition) is 1. The molecule has 0 aliphatic carbocycles. The Labute approximate surface area is 154 Å². The molecule has 1 aromatic carbocycles. The van der Waals surface area contributed by atoms with E-state index in [4.69, 9.17) is 26.2 Å². The zero-order valence-electron chi connectivity index (χ0n) is 14.6. The molecule has 0 unspecified atom stereocenters. The predicted octanol–water partition coefficient (Wildman–Crippen LogP) is 3.78. The van der Waals surface area contributed by atoms with Crippen LogP contribution in [0.2, 0.25) is 0 Å². The molecular weight excluding hydrogens is 340 g/mol. The quantitative estimate of drug-likeness (QED) is 0.642. The van der Waals surface area contributed by atoms with E-state index in [0.29, 0.717) is 36.3 Å². The van der Waals surface area contributed by atoms with Gasteiger partial charge in [0.05, 0.1) is 31.7 Å². The highest BCUT2D eigenvalue weighted by molar-refractivity contribution is 6.33. The third-order valence-electron chi connectivity index (χ3n) is 3.74. The van der Waals surface area contributed by atoms with Crippen molar-refractivity contribution < 1.29 is 14.6 Å². The molecule has 0 atom stereocenters. The highest BCUT2D eigenvalue weighted by Gasteiger charge is 2.18. The van der Waals surface area contributed by atoms with Crippen LogP contribution in [0.15, 0.2) is 52.4 Å². The Bertz CT molecular complexity index is 626. The first-order valence-corrected chi connectivity index (χ1v) is 8.83. The minimum Gasteiger partial charge on any atom is -0.486 e. The molecule has 1 heterocycles. The Hall–Kier alpha value is -1.82. The minimum absolute atomic E-state index is 0.0323. The fourth-order valence-corrected chi connectivity index (χ4v) is 2.45. The summed E-state index contributed by atoms with van der Waals surface area (Å²) in [6.07, 6.45) is 3.76. The van der Waals surface area contributed by atoms with Gasteiger partial charge in [0.25, 0.3) is 0 Å². The molecule has 1 aliphatic rings. The van der Waals surface area contributed by atoms with Crippen molar-refractivity contribution in [3.8, 4) is 0 Å². The van der Waals surface area contributed by atoms with Crippen LogP contribution in [0.25, 0.3) is 0 Å². The fraction of sp³-hybridized carbons (Fsp3) is 0.421. The van der Waals surface area contributed by atoms with E-state index < -0.39 is 0 Å². The van der Waals surface area contributed by atoms with E-state index in [9.17, 15) is 0 Å². The summed E-state index contributed by atoms with van der Waals surface area (Å²) < 4.78 is 11.1. The van der Waals surface area contributed by atoms with Crippen LogP contribution < -0.4 is 0 Å². The van der Waals surface area contributed by atoms with E-state index >= 15 is 0 Å². The minimum atomic E-state index is 0.0323. The molecule has 1 aromatic rings. The standard InChI is InChI=1S/C19H25ClN2O3/c1-3-4-9-22-15(2)19(20)18(12-21-22)25-14-17-7-5-16(6-8-17)13-24-11-10-23/h5-8,12,23H,2-4,9-11,13-14H2,1H3. The molecule has 0 radical (unpaired) electrons. The topological polar surface area (TPSA) is 54.3 Å². The smallest absolute Gasteiger partial charge is 0.160 e. The lowest BCUT2D eigenvalue weighted by Crippen LogP contribution is -2.22. The summed E-state index contributed by atoms with van der Waals surface area (Å²) in [5.74, 6) is 0.537. The van der Waals surface area contributed by atoms with Gasteiger partial charge in [-0.05, 0) is 17.5 Å². The van der Waals surface area contributed by atoms with Crippen molar-refractivity contribution >= 4 is 17.8 Å². The van der Waals surface area contributed by atoms with E-state index in [1.165, 1.54) is 0 Å². The Morgan fingerprint density at radius 3 is 2.52 bits per heavy atom. The normalized spacial score (nSPS) is 14.4. The van der Waals surface area contributed by atoms with Gasteiger partial charge >= 0.3 is 0 Å². The second kappa shape index (κ2) is 10.2. The fourth-order valence-electron chi connectivity index (χ4n) is 2.25. The molecule has 5 nitrogen and oxygen atoms in total. The predicted molar refractivity (Wildman–Crippen MR) is 100 cm³/mol. The van der Waals surface area contributed by atoms with E-state index in [2.05, 4.69) is 18.6 Å². The molecule has 1 aliphatic heterocycles. The molecule has 0 fully saturated rings. The van der Waals surface area contributed by atoms with Crippen LogP contribution in [0.3, 0.4) is 0 Å². The first kappa shape index (κ1) is 19.5. The van der Waals surface area contributed by atoms with Gasteiger partial charge in [0, 0.05) is 6.54 Å². The average molecular weight is 365 g/mol. The maximum atomic E-state index is 8.70. The van der Waals surface area contributed by atoms with Crippen molar-refractivity contribution in [3.63, 3.8) is 0 Å². The second-order valence-corrected chi connectivity index (χ2v) is 6.11. The molecule has 25 heavy (non-hydrogen) atoms. The lowest BCUT2D eigenvalue weighted by atomic mass is 10.1. The van der Waals surface area contributed by atoms with Gasteiger partial charge in [-0.15, -0.1) is 0 Å². The number of ether oxygens (including phenoxy) is 2. The van der Waals surface area contributed by atoms with Crippen LogP contribution >= 0.6 is 11.6 Å². The molecule has 1 N–H and O–H groups in total. The van der Waals surface area contributed by atoms with Gasteiger partial charge in [-0.1, -0.05) is 55.8 Å². The number of aliphatic hydroxyl groups excluding tert-OH is 1. The molecule has 0 aromatic heterocycles. The Morgan fingerprint density at radius 1 is 1.20 bits per heavy atom. The van der Waals surface area contributed by atoms with E-state index in [0.717, 1.165) is 30.5 Å². The number of hydrazone groups is 1. The van der Waals surface area contributed by atoms with Crippen LogP contribution in [0.4, 0.5) is 0 Å². The molecular formula is C19H25ClN2O3. The van der Waals surface area contributed by atoms with Crippen molar-refractivity contribution in [1.82, 2.24) is 5.01 Å². The van der Waals surface area contributed by atoms with Crippen LogP contribution in [0.5, 0.6) is 0 Å². The largest absolute Gasteiger partial charge is 0.486 e. The summed E-state index contributed by atoms with van der Waals surface area (Å²) in [4.78, 5) is 0. The van der Waals surface area contributed by atoms with Gasteiger partial charge < -0.3 is 14.6 Å². The molecule has 0 spiro atoms. The van der Waals surface area contributed by atoms with Gasteiger partial charge in [0.15, 0.2) is 5.76 Å². The summed E-state index contributed by atoms with van der Waals surface area (Å²) >= 11 is 6.35. The zero-order valence-corrected chi connectivity index (χ0v) is 15.3.